The number of aromatic hydroxyl groups is 1. The first kappa shape index (κ1) is 22.7. The van der Waals surface area contributed by atoms with Crippen molar-refractivity contribution in [2.45, 2.75) is 37.2 Å². The fourth-order valence-electron chi connectivity index (χ4n) is 2.73. The molecule has 0 radical (unpaired) electrons. The van der Waals surface area contributed by atoms with Crippen LogP contribution in [-0.2, 0) is 19.2 Å². The first-order valence-corrected chi connectivity index (χ1v) is 8.13. The van der Waals surface area contributed by atoms with E-state index in [9.17, 15) is 24.3 Å². The highest BCUT2D eigenvalue weighted by Gasteiger charge is 2.40. The van der Waals surface area contributed by atoms with E-state index in [1.54, 1.807) is 12.1 Å². The predicted molar refractivity (Wildman–Crippen MR) is 93.3 cm³/mol. The van der Waals surface area contributed by atoms with E-state index < -0.39 is 42.3 Å². The molecule has 11 heteroatoms. The van der Waals surface area contributed by atoms with Gasteiger partial charge in [-0.2, -0.15) is 0 Å². The van der Waals surface area contributed by atoms with Crippen LogP contribution in [0.5, 0.6) is 5.75 Å². The van der Waals surface area contributed by atoms with Crippen LogP contribution < -0.4 is 5.32 Å². The Labute approximate surface area is 158 Å². The highest BCUT2D eigenvalue weighted by Crippen LogP contribution is 2.39. The second-order valence-corrected chi connectivity index (χ2v) is 6.23. The first-order valence-electron chi connectivity index (χ1n) is 8.13. The van der Waals surface area contributed by atoms with E-state index in [2.05, 4.69) is 5.32 Å². The molecule has 1 aliphatic heterocycles. The number of hydrogen-bond acceptors (Lipinski definition) is 7. The molecule has 1 aromatic rings. The number of aliphatic hydroxyl groups is 1. The number of fused-ring (bicyclic) bond motifs is 1. The zero-order valence-electron chi connectivity index (χ0n) is 14.7. The third kappa shape index (κ3) is 6.43. The summed E-state index contributed by atoms with van der Waals surface area (Å²) in [5.74, 6) is -5.45. The number of aliphatic carboxylic acids is 4. The average molecular weight is 399 g/mol. The van der Waals surface area contributed by atoms with E-state index in [1.165, 1.54) is 0 Å². The fraction of sp³-hybridized carbons (Fsp3) is 0.412. The van der Waals surface area contributed by atoms with Crippen molar-refractivity contribution in [2.24, 2.45) is 0 Å². The normalized spacial score (nSPS) is 14.8. The average Bonchev–Trinajstić information content (AvgIpc) is 2.96. The molecule has 28 heavy (non-hydrogen) atoms. The number of anilines is 1. The van der Waals surface area contributed by atoms with Crippen LogP contribution in [-0.4, -0.2) is 66.7 Å². The third-order valence-corrected chi connectivity index (χ3v) is 4.02. The van der Waals surface area contributed by atoms with Gasteiger partial charge in [-0.3, -0.25) is 14.4 Å². The van der Waals surface area contributed by atoms with E-state index in [-0.39, 0.29) is 18.1 Å². The van der Waals surface area contributed by atoms with Crippen LogP contribution in [0.2, 0.25) is 0 Å². The highest BCUT2D eigenvalue weighted by molar-refractivity contribution is 5.88. The Morgan fingerprint density at radius 2 is 1.57 bits per heavy atom. The van der Waals surface area contributed by atoms with Gasteiger partial charge in [0.15, 0.2) is 5.60 Å². The standard InChI is InChI=1S/C11H13NO3.C6H8O7/c13-9-3-1-2-8-11(9)7(6-12-8)4-5-10(14)15;7-3(8)1-6(13,5(11)12)2-4(9)10/h1-3,7,12-13H,4-6H2,(H,14,15);13H,1-2H2,(H,7,8)(H,9,10)(H,11,12). The number of phenolic OH excluding ortho intramolecular Hbond substituents is 1. The van der Waals surface area contributed by atoms with Gasteiger partial charge in [-0.1, -0.05) is 6.07 Å². The van der Waals surface area contributed by atoms with Gasteiger partial charge in [0.05, 0.1) is 12.8 Å². The molecule has 0 amide bonds. The highest BCUT2D eigenvalue weighted by atomic mass is 16.4. The van der Waals surface area contributed by atoms with Crippen LogP contribution in [0.1, 0.15) is 37.2 Å². The van der Waals surface area contributed by atoms with Crippen molar-refractivity contribution in [1.29, 1.82) is 0 Å². The summed E-state index contributed by atoms with van der Waals surface area (Å²) in [4.78, 5) is 41.0. The topological polar surface area (TPSA) is 202 Å². The van der Waals surface area contributed by atoms with Gasteiger partial charge in [0, 0.05) is 30.1 Å². The number of rotatable bonds is 8. The van der Waals surface area contributed by atoms with Crippen LogP contribution in [0.25, 0.3) is 0 Å². The van der Waals surface area contributed by atoms with E-state index >= 15 is 0 Å². The monoisotopic (exact) mass is 399 g/mol. The molecule has 1 aromatic carbocycles. The molecule has 154 valence electrons. The Bertz CT molecular complexity index is 744. The van der Waals surface area contributed by atoms with Crippen LogP contribution in [0.4, 0.5) is 5.69 Å². The molecule has 1 aliphatic rings. The smallest absolute Gasteiger partial charge is 0.336 e. The lowest BCUT2D eigenvalue weighted by molar-refractivity contribution is -0.170. The van der Waals surface area contributed by atoms with Gasteiger partial charge in [0.1, 0.15) is 5.75 Å². The van der Waals surface area contributed by atoms with Gasteiger partial charge in [0.25, 0.3) is 0 Å². The molecule has 1 unspecified atom stereocenters. The fourth-order valence-corrected chi connectivity index (χ4v) is 2.73. The van der Waals surface area contributed by atoms with Gasteiger partial charge in [0.2, 0.25) is 0 Å². The molecular formula is C17H21NO10. The van der Waals surface area contributed by atoms with Gasteiger partial charge in [-0.25, -0.2) is 4.79 Å². The molecule has 0 fully saturated rings. The second-order valence-electron chi connectivity index (χ2n) is 6.23. The molecule has 7 N–H and O–H groups in total. The molecule has 0 spiro atoms. The Morgan fingerprint density at radius 3 is 2.04 bits per heavy atom. The molecule has 0 aromatic heterocycles. The van der Waals surface area contributed by atoms with Crippen molar-refractivity contribution in [3.63, 3.8) is 0 Å². The molecule has 0 bridgehead atoms. The van der Waals surface area contributed by atoms with Gasteiger partial charge in [-0.05, 0) is 18.6 Å². The Balaban J connectivity index is 0.000000284. The van der Waals surface area contributed by atoms with Crippen LogP contribution in [0.3, 0.4) is 0 Å². The molecular weight excluding hydrogens is 378 g/mol. The number of nitrogens with one attached hydrogen (secondary N) is 1. The second kappa shape index (κ2) is 9.55. The number of carbonyl (C=O) groups is 4. The van der Waals surface area contributed by atoms with Crippen molar-refractivity contribution in [3.8, 4) is 5.75 Å². The summed E-state index contributed by atoms with van der Waals surface area (Å²) in [7, 11) is 0. The molecule has 0 aliphatic carbocycles. The van der Waals surface area contributed by atoms with E-state index in [0.717, 1.165) is 11.3 Å². The number of hydrogen-bond donors (Lipinski definition) is 7. The molecule has 1 atom stereocenters. The van der Waals surface area contributed by atoms with Gasteiger partial charge < -0.3 is 36.0 Å². The summed E-state index contributed by atoms with van der Waals surface area (Å²) in [6.45, 7) is 0.709. The largest absolute Gasteiger partial charge is 0.508 e. The van der Waals surface area contributed by atoms with Gasteiger partial charge >= 0.3 is 23.9 Å². The van der Waals surface area contributed by atoms with Crippen LogP contribution in [0.15, 0.2) is 18.2 Å². The third-order valence-electron chi connectivity index (χ3n) is 4.02. The molecule has 11 nitrogen and oxygen atoms in total. The lowest BCUT2D eigenvalue weighted by Crippen LogP contribution is -2.42. The minimum absolute atomic E-state index is 0.109. The Kier molecular flexibility index (Phi) is 7.75. The van der Waals surface area contributed by atoms with Crippen molar-refractivity contribution < 1.29 is 49.8 Å². The summed E-state index contributed by atoms with van der Waals surface area (Å²) in [5, 5.41) is 55.3. The maximum absolute atomic E-state index is 10.5. The van der Waals surface area contributed by atoms with Crippen molar-refractivity contribution in [1.82, 2.24) is 0 Å². The number of carboxylic acids is 4. The molecule has 2 rings (SSSR count). The van der Waals surface area contributed by atoms with Crippen LogP contribution in [0, 0.1) is 0 Å². The SMILES string of the molecule is O=C(O)CC(O)(CC(=O)O)C(=O)O.O=C(O)CCC1CNc2cccc(O)c21. The van der Waals surface area contributed by atoms with Crippen molar-refractivity contribution in [2.75, 3.05) is 11.9 Å². The Hall–Kier alpha value is -3.34. The zero-order valence-corrected chi connectivity index (χ0v) is 14.7. The number of benzene rings is 1. The number of phenols is 1. The number of carboxylic acid groups (broad SMARTS) is 4. The quantitative estimate of drug-likeness (QED) is 0.321. The lowest BCUT2D eigenvalue weighted by Gasteiger charge is -2.18. The Morgan fingerprint density at radius 1 is 1.00 bits per heavy atom. The lowest BCUT2D eigenvalue weighted by atomic mass is 9.95. The summed E-state index contributed by atoms with van der Waals surface area (Å²) < 4.78 is 0. The first-order chi connectivity index (χ1) is 13.0. The molecule has 0 saturated heterocycles. The van der Waals surface area contributed by atoms with E-state index in [1.807, 2.05) is 6.07 Å². The summed E-state index contributed by atoms with van der Waals surface area (Å²) in [6, 6.07) is 5.32. The maximum Gasteiger partial charge on any atom is 0.336 e. The van der Waals surface area contributed by atoms with E-state index in [4.69, 9.17) is 25.5 Å². The van der Waals surface area contributed by atoms with E-state index in [0.29, 0.717) is 13.0 Å². The zero-order chi connectivity index (χ0) is 21.5. The minimum Gasteiger partial charge on any atom is -0.508 e. The van der Waals surface area contributed by atoms with Crippen LogP contribution >= 0.6 is 0 Å². The van der Waals surface area contributed by atoms with Crippen molar-refractivity contribution in [3.05, 3.63) is 23.8 Å². The predicted octanol–water partition coefficient (Wildman–Crippen LogP) is 0.518. The summed E-state index contributed by atoms with van der Waals surface area (Å²) in [5.41, 5.74) is -0.957. The summed E-state index contributed by atoms with van der Waals surface area (Å²) in [6.07, 6.45) is -1.59. The minimum atomic E-state index is -2.74. The van der Waals surface area contributed by atoms with Gasteiger partial charge in [-0.15, -0.1) is 0 Å². The maximum atomic E-state index is 10.5. The molecule has 1 heterocycles. The molecule has 0 saturated carbocycles. The summed E-state index contributed by atoms with van der Waals surface area (Å²) >= 11 is 0. The van der Waals surface area contributed by atoms with Crippen molar-refractivity contribution >= 4 is 29.6 Å².